The first-order valence-corrected chi connectivity index (χ1v) is 14.0. The lowest BCUT2D eigenvalue weighted by molar-refractivity contribution is 0.0585. The van der Waals surface area contributed by atoms with Crippen molar-refractivity contribution in [1.29, 1.82) is 0 Å². The van der Waals surface area contributed by atoms with Gasteiger partial charge in [-0.15, -0.1) is 0 Å². The number of ketones is 3. The molecule has 0 radical (unpaired) electrons. The molecule has 1 aliphatic carbocycles. The van der Waals surface area contributed by atoms with Crippen molar-refractivity contribution in [3.8, 4) is 17.2 Å². The van der Waals surface area contributed by atoms with E-state index in [1.807, 2.05) is 24.3 Å². The molecule has 0 amide bonds. The van der Waals surface area contributed by atoms with Crippen LogP contribution in [-0.4, -0.2) is 55.9 Å². The van der Waals surface area contributed by atoms with Crippen LogP contribution in [0.1, 0.15) is 59.7 Å². The van der Waals surface area contributed by atoms with Gasteiger partial charge in [-0.1, -0.05) is 60.7 Å². The maximum Gasteiger partial charge on any atom is 0.187 e. The van der Waals surface area contributed by atoms with E-state index in [0.717, 1.165) is 11.1 Å². The lowest BCUT2D eigenvalue weighted by Gasteiger charge is -2.36. The van der Waals surface area contributed by atoms with Crippen LogP contribution in [0.3, 0.4) is 0 Å². The fourth-order valence-corrected chi connectivity index (χ4v) is 7.20. The summed E-state index contributed by atoms with van der Waals surface area (Å²) < 4.78 is 16.9. The van der Waals surface area contributed by atoms with Gasteiger partial charge in [0.15, 0.2) is 28.8 Å². The van der Waals surface area contributed by atoms with Crippen molar-refractivity contribution in [2.45, 2.75) is 18.0 Å². The fourth-order valence-electron chi connectivity index (χ4n) is 7.20. The van der Waals surface area contributed by atoms with Crippen LogP contribution in [0.15, 0.2) is 96.1 Å². The minimum atomic E-state index is -1.72. The second-order valence-electron chi connectivity index (χ2n) is 10.8. The summed E-state index contributed by atoms with van der Waals surface area (Å²) in [6, 6.07) is 24.7. The molecular weight excluding hydrogens is 544 g/mol. The number of hydrogen-bond donors (Lipinski definition) is 0. The molecule has 7 rings (SSSR count). The Balaban J connectivity index is 1.57. The van der Waals surface area contributed by atoms with Gasteiger partial charge in [0, 0.05) is 28.2 Å². The number of fused-ring (bicyclic) bond motifs is 5. The van der Waals surface area contributed by atoms with Crippen molar-refractivity contribution in [1.82, 2.24) is 5.01 Å². The Morgan fingerprint density at radius 1 is 0.744 bits per heavy atom. The van der Waals surface area contributed by atoms with Gasteiger partial charge in [0.1, 0.15) is 17.2 Å². The van der Waals surface area contributed by atoms with Crippen LogP contribution in [0.2, 0.25) is 0 Å². The Kier molecular flexibility index (Phi) is 6.16. The lowest BCUT2D eigenvalue weighted by atomic mass is 9.62. The second kappa shape index (κ2) is 9.94. The summed E-state index contributed by atoms with van der Waals surface area (Å²) in [4.78, 5) is 44.6. The number of methoxy groups -OCH3 is 3. The third kappa shape index (κ3) is 3.56. The van der Waals surface area contributed by atoms with Gasteiger partial charge in [0.05, 0.1) is 33.6 Å². The Morgan fingerprint density at radius 2 is 1.40 bits per heavy atom. The van der Waals surface area contributed by atoms with E-state index < -0.39 is 23.4 Å². The largest absolute Gasteiger partial charge is 0.497 e. The Bertz CT molecular complexity index is 1790. The standard InChI is InChI=1S/C35H28N2O6/c1-41-22-17-15-20(16-18-22)30(38)29-28(26-13-8-14-27(42-2)31(26)43-3)35(33(39)24-11-6-7-12-25(24)34(35)40)32-23-10-5-4-9-21(23)19-36-37(29)32/h4-19,28-29,32H,1-3H3/t28-,29+,32-/m1/s1. The van der Waals surface area contributed by atoms with Gasteiger partial charge in [-0.25, -0.2) is 0 Å². The number of carbonyl (C=O) groups excluding carboxylic acids is 3. The lowest BCUT2D eigenvalue weighted by Crippen LogP contribution is -2.44. The molecule has 214 valence electrons. The minimum Gasteiger partial charge on any atom is -0.497 e. The molecular formula is C35H28N2O6. The molecule has 0 N–H and O–H groups in total. The van der Waals surface area contributed by atoms with Gasteiger partial charge in [0.25, 0.3) is 0 Å². The molecule has 2 heterocycles. The Labute approximate surface area is 248 Å². The molecule has 4 aromatic carbocycles. The van der Waals surface area contributed by atoms with Crippen LogP contribution in [-0.2, 0) is 0 Å². The van der Waals surface area contributed by atoms with Gasteiger partial charge in [0.2, 0.25) is 0 Å². The van der Waals surface area contributed by atoms with Gasteiger partial charge in [-0.3, -0.25) is 19.4 Å². The summed E-state index contributed by atoms with van der Waals surface area (Å²) in [6.07, 6.45) is 1.69. The number of carbonyl (C=O) groups is 3. The summed E-state index contributed by atoms with van der Waals surface area (Å²) in [5.74, 6) is -0.555. The average Bonchev–Trinajstić information content (AvgIpc) is 3.49. The smallest absolute Gasteiger partial charge is 0.187 e. The Morgan fingerprint density at radius 3 is 2.05 bits per heavy atom. The summed E-state index contributed by atoms with van der Waals surface area (Å²) in [5.41, 5.74) is 1.41. The highest BCUT2D eigenvalue weighted by Gasteiger charge is 2.73. The average molecular weight is 573 g/mol. The summed E-state index contributed by atoms with van der Waals surface area (Å²) in [6.45, 7) is 0. The van der Waals surface area contributed by atoms with Crippen LogP contribution in [0.4, 0.5) is 0 Å². The summed E-state index contributed by atoms with van der Waals surface area (Å²) in [7, 11) is 4.59. The van der Waals surface area contributed by atoms with Crippen LogP contribution in [0, 0.1) is 5.41 Å². The molecule has 1 spiro atoms. The quantitative estimate of drug-likeness (QED) is 0.222. The number of para-hydroxylation sites is 1. The molecule has 43 heavy (non-hydrogen) atoms. The minimum absolute atomic E-state index is 0.285. The maximum atomic E-state index is 14.9. The fraction of sp³-hybridized carbons (Fsp3) is 0.200. The zero-order chi connectivity index (χ0) is 29.9. The van der Waals surface area contributed by atoms with Crippen molar-refractivity contribution in [2.75, 3.05) is 21.3 Å². The predicted octanol–water partition coefficient (Wildman–Crippen LogP) is 5.52. The molecule has 1 saturated heterocycles. The molecule has 0 aromatic heterocycles. The highest BCUT2D eigenvalue weighted by atomic mass is 16.5. The number of hydrogen-bond acceptors (Lipinski definition) is 8. The molecule has 2 aliphatic heterocycles. The van der Waals surface area contributed by atoms with E-state index in [9.17, 15) is 14.4 Å². The number of hydrazone groups is 1. The van der Waals surface area contributed by atoms with Crippen molar-refractivity contribution in [3.63, 3.8) is 0 Å². The van der Waals surface area contributed by atoms with Crippen LogP contribution >= 0.6 is 0 Å². The zero-order valence-electron chi connectivity index (χ0n) is 23.8. The van der Waals surface area contributed by atoms with E-state index in [4.69, 9.17) is 19.3 Å². The van der Waals surface area contributed by atoms with E-state index >= 15 is 0 Å². The number of rotatable bonds is 6. The zero-order valence-corrected chi connectivity index (χ0v) is 23.8. The first-order chi connectivity index (χ1) is 21.0. The van der Waals surface area contributed by atoms with E-state index in [2.05, 4.69) is 0 Å². The van der Waals surface area contributed by atoms with Crippen molar-refractivity contribution >= 4 is 23.6 Å². The molecule has 8 heteroatoms. The van der Waals surface area contributed by atoms with Crippen LogP contribution in [0.25, 0.3) is 0 Å². The normalized spacial score (nSPS) is 20.9. The number of nitrogens with zero attached hydrogens (tertiary/aromatic N) is 2. The first-order valence-electron chi connectivity index (χ1n) is 14.0. The van der Waals surface area contributed by atoms with Crippen LogP contribution in [0.5, 0.6) is 17.2 Å². The highest BCUT2D eigenvalue weighted by molar-refractivity contribution is 6.31. The van der Waals surface area contributed by atoms with Gasteiger partial charge >= 0.3 is 0 Å². The first kappa shape index (κ1) is 26.6. The van der Waals surface area contributed by atoms with Gasteiger partial charge in [-0.2, -0.15) is 5.10 Å². The third-order valence-electron chi connectivity index (χ3n) is 8.99. The van der Waals surface area contributed by atoms with E-state index in [-0.39, 0.29) is 17.3 Å². The summed E-state index contributed by atoms with van der Waals surface area (Å²) >= 11 is 0. The van der Waals surface area contributed by atoms with Crippen molar-refractivity contribution < 1.29 is 28.6 Å². The number of ether oxygens (including phenoxy) is 3. The molecule has 0 bridgehead atoms. The highest BCUT2D eigenvalue weighted by Crippen LogP contribution is 2.66. The number of Topliss-reactive ketones (excluding diaryl/α,β-unsaturated/α-hetero) is 3. The number of benzene rings is 4. The topological polar surface area (TPSA) is 94.5 Å². The maximum absolute atomic E-state index is 14.9. The Hall–Kier alpha value is -5.24. The molecule has 8 nitrogen and oxygen atoms in total. The molecule has 0 unspecified atom stereocenters. The SMILES string of the molecule is COc1ccc(C(=O)[C@@H]2[C@@H](c3cccc(OC)c3OC)C3(C(=O)c4ccccc4C3=O)[C@H]3c4ccccc4C=NN23)cc1. The van der Waals surface area contributed by atoms with Gasteiger partial charge in [-0.05, 0) is 41.5 Å². The molecule has 3 aliphatic rings. The molecule has 0 saturated carbocycles. The monoisotopic (exact) mass is 572 g/mol. The second-order valence-corrected chi connectivity index (χ2v) is 10.8. The molecule has 4 aromatic rings. The summed E-state index contributed by atoms with van der Waals surface area (Å²) in [5, 5.41) is 6.47. The third-order valence-corrected chi connectivity index (χ3v) is 8.99. The van der Waals surface area contributed by atoms with Gasteiger partial charge < -0.3 is 14.2 Å². The van der Waals surface area contributed by atoms with E-state index in [1.54, 1.807) is 85.1 Å². The van der Waals surface area contributed by atoms with Crippen molar-refractivity contribution in [2.24, 2.45) is 10.5 Å². The van der Waals surface area contributed by atoms with E-state index in [0.29, 0.717) is 39.5 Å². The molecule has 1 fully saturated rings. The van der Waals surface area contributed by atoms with Crippen LogP contribution < -0.4 is 14.2 Å². The van der Waals surface area contributed by atoms with Crippen molar-refractivity contribution in [3.05, 3.63) is 124 Å². The molecule has 3 atom stereocenters. The predicted molar refractivity (Wildman–Crippen MR) is 160 cm³/mol. The van der Waals surface area contributed by atoms with E-state index in [1.165, 1.54) is 14.2 Å².